The fourth-order valence-corrected chi connectivity index (χ4v) is 3.40. The third-order valence-corrected chi connectivity index (χ3v) is 4.75. The molecule has 0 aliphatic rings. The van der Waals surface area contributed by atoms with Crippen molar-refractivity contribution in [3.8, 4) is 5.69 Å². The van der Waals surface area contributed by atoms with E-state index in [-0.39, 0.29) is 10.6 Å². The van der Waals surface area contributed by atoms with Gasteiger partial charge in [0.1, 0.15) is 5.01 Å². The Morgan fingerprint density at radius 2 is 1.81 bits per heavy atom. The van der Waals surface area contributed by atoms with Crippen LogP contribution < -0.4 is 0 Å². The Balaban J connectivity index is 1.81. The average Bonchev–Trinajstić information content (AvgIpc) is 3.16. The van der Waals surface area contributed by atoms with Crippen molar-refractivity contribution >= 4 is 17.3 Å². The molecule has 2 heterocycles. The number of rotatable bonds is 4. The van der Waals surface area contributed by atoms with Gasteiger partial charge in [0.25, 0.3) is 0 Å². The van der Waals surface area contributed by atoms with Gasteiger partial charge in [-0.25, -0.2) is 14.5 Å². The number of thiazole rings is 1. The van der Waals surface area contributed by atoms with Gasteiger partial charge in [-0.15, -0.1) is 11.3 Å². The zero-order chi connectivity index (χ0) is 19.8. The molecule has 1 atom stereocenters. The van der Waals surface area contributed by atoms with E-state index in [9.17, 15) is 18.0 Å². The molecule has 0 amide bonds. The maximum absolute atomic E-state index is 13.3. The Morgan fingerprint density at radius 3 is 2.30 bits per heavy atom. The molecule has 0 bridgehead atoms. The first-order valence-corrected chi connectivity index (χ1v) is 8.86. The van der Waals surface area contributed by atoms with Crippen molar-refractivity contribution in [2.45, 2.75) is 33.1 Å². The first-order valence-electron chi connectivity index (χ1n) is 7.98. The summed E-state index contributed by atoms with van der Waals surface area (Å²) < 4.78 is 46.3. The number of hydrogen-bond donors (Lipinski definition) is 0. The summed E-state index contributed by atoms with van der Waals surface area (Å²) in [7, 11) is 0. The van der Waals surface area contributed by atoms with Crippen molar-refractivity contribution in [3.05, 3.63) is 63.4 Å². The SMILES string of the molecule is Cc1csc(C(OC(=O)c2ccc(-n3nc(C)cc3C)cc2)C(F)(F)F)n1. The van der Waals surface area contributed by atoms with E-state index in [0.29, 0.717) is 11.4 Å². The average molecular weight is 395 g/mol. The van der Waals surface area contributed by atoms with Crippen LogP contribution in [0.5, 0.6) is 0 Å². The van der Waals surface area contributed by atoms with Gasteiger partial charge in [0.15, 0.2) is 0 Å². The highest BCUT2D eigenvalue weighted by atomic mass is 32.1. The second-order valence-electron chi connectivity index (χ2n) is 6.04. The number of ether oxygens (including phenoxy) is 1. The van der Waals surface area contributed by atoms with Crippen LogP contribution in [0.25, 0.3) is 5.69 Å². The van der Waals surface area contributed by atoms with Crippen molar-refractivity contribution < 1.29 is 22.7 Å². The number of benzene rings is 1. The van der Waals surface area contributed by atoms with Crippen LogP contribution in [0.2, 0.25) is 0 Å². The number of alkyl halides is 3. The summed E-state index contributed by atoms with van der Waals surface area (Å²) in [5.74, 6) is -1.06. The van der Waals surface area contributed by atoms with Crippen LogP contribution in [-0.4, -0.2) is 26.9 Å². The molecule has 0 saturated carbocycles. The number of nitrogens with zero attached hydrogens (tertiary/aromatic N) is 3. The topological polar surface area (TPSA) is 57.0 Å². The van der Waals surface area contributed by atoms with Crippen LogP contribution >= 0.6 is 11.3 Å². The van der Waals surface area contributed by atoms with Crippen molar-refractivity contribution in [1.82, 2.24) is 14.8 Å². The van der Waals surface area contributed by atoms with E-state index in [1.807, 2.05) is 19.9 Å². The first kappa shape index (κ1) is 19.1. The number of carbonyl (C=O) groups is 1. The molecule has 3 rings (SSSR count). The molecular formula is C18H16F3N3O2S. The Morgan fingerprint density at radius 1 is 1.15 bits per heavy atom. The zero-order valence-electron chi connectivity index (χ0n) is 14.7. The van der Waals surface area contributed by atoms with Crippen LogP contribution in [0, 0.1) is 20.8 Å². The Hall–Kier alpha value is -2.68. The lowest BCUT2D eigenvalue weighted by Gasteiger charge is -2.18. The number of halogens is 3. The predicted molar refractivity (Wildman–Crippen MR) is 94.1 cm³/mol. The number of carbonyl (C=O) groups excluding carboxylic acids is 1. The van der Waals surface area contributed by atoms with Crippen molar-refractivity contribution in [3.63, 3.8) is 0 Å². The number of aromatic nitrogens is 3. The number of aryl methyl sites for hydroxylation is 3. The summed E-state index contributed by atoms with van der Waals surface area (Å²) in [4.78, 5) is 16.0. The van der Waals surface area contributed by atoms with E-state index in [1.54, 1.807) is 23.7 Å². The molecular weight excluding hydrogens is 379 g/mol. The van der Waals surface area contributed by atoms with Gasteiger partial charge in [-0.1, -0.05) is 0 Å². The molecule has 0 spiro atoms. The highest BCUT2D eigenvalue weighted by Crippen LogP contribution is 2.37. The maximum Gasteiger partial charge on any atom is 0.432 e. The van der Waals surface area contributed by atoms with Crippen LogP contribution in [0.3, 0.4) is 0 Å². The van der Waals surface area contributed by atoms with Crippen molar-refractivity contribution in [2.75, 3.05) is 0 Å². The largest absolute Gasteiger partial charge is 0.442 e. The quantitative estimate of drug-likeness (QED) is 0.600. The molecule has 9 heteroatoms. The minimum absolute atomic E-state index is 0.0165. The fraction of sp³-hybridized carbons (Fsp3) is 0.278. The van der Waals surface area contributed by atoms with Gasteiger partial charge in [-0.3, -0.25) is 0 Å². The van der Waals surface area contributed by atoms with E-state index in [1.165, 1.54) is 17.5 Å². The third-order valence-electron chi connectivity index (χ3n) is 3.74. The summed E-state index contributed by atoms with van der Waals surface area (Å²) >= 11 is 0.805. The molecule has 3 aromatic rings. The molecule has 1 unspecified atom stereocenters. The van der Waals surface area contributed by atoms with E-state index in [4.69, 9.17) is 4.74 Å². The lowest BCUT2D eigenvalue weighted by atomic mass is 10.2. The zero-order valence-corrected chi connectivity index (χ0v) is 15.6. The molecule has 0 aliphatic heterocycles. The third kappa shape index (κ3) is 4.19. The summed E-state index contributed by atoms with van der Waals surface area (Å²) in [6.45, 7) is 5.31. The fourth-order valence-electron chi connectivity index (χ4n) is 2.55. The van der Waals surface area contributed by atoms with E-state index in [0.717, 1.165) is 22.7 Å². The second kappa shape index (κ2) is 7.15. The molecule has 142 valence electrons. The van der Waals surface area contributed by atoms with E-state index >= 15 is 0 Å². The minimum Gasteiger partial charge on any atom is -0.442 e. The van der Waals surface area contributed by atoms with E-state index < -0.39 is 18.2 Å². The summed E-state index contributed by atoms with van der Waals surface area (Å²) in [6, 6.07) is 7.92. The molecule has 0 fully saturated rings. The smallest absolute Gasteiger partial charge is 0.432 e. The van der Waals surface area contributed by atoms with Gasteiger partial charge in [0, 0.05) is 16.8 Å². The monoisotopic (exact) mass is 395 g/mol. The minimum atomic E-state index is -4.75. The Kier molecular flexibility index (Phi) is 5.05. The van der Waals surface area contributed by atoms with Crippen molar-refractivity contribution in [1.29, 1.82) is 0 Å². The molecule has 0 N–H and O–H groups in total. The van der Waals surface area contributed by atoms with Gasteiger partial charge in [0.05, 0.1) is 16.9 Å². The summed E-state index contributed by atoms with van der Waals surface area (Å²) in [5.41, 5.74) is 2.89. The van der Waals surface area contributed by atoms with Crippen LogP contribution in [0.1, 0.15) is 38.6 Å². The molecule has 2 aromatic heterocycles. The predicted octanol–water partition coefficient (Wildman–Crippen LogP) is 4.71. The van der Waals surface area contributed by atoms with Crippen LogP contribution in [0.15, 0.2) is 35.7 Å². The lowest BCUT2D eigenvalue weighted by Crippen LogP contribution is -2.26. The molecule has 0 saturated heterocycles. The molecule has 0 aliphatic carbocycles. The summed E-state index contributed by atoms with van der Waals surface area (Å²) in [5, 5.41) is 5.50. The van der Waals surface area contributed by atoms with Gasteiger partial charge in [0.2, 0.25) is 6.10 Å². The normalized spacial score (nSPS) is 12.8. The Bertz CT molecular complexity index is 961. The molecule has 5 nitrogen and oxygen atoms in total. The maximum atomic E-state index is 13.3. The molecule has 0 radical (unpaired) electrons. The van der Waals surface area contributed by atoms with Crippen LogP contribution in [0.4, 0.5) is 13.2 Å². The van der Waals surface area contributed by atoms with Crippen LogP contribution in [-0.2, 0) is 4.74 Å². The van der Waals surface area contributed by atoms with Gasteiger partial charge >= 0.3 is 12.1 Å². The highest BCUT2D eigenvalue weighted by molar-refractivity contribution is 7.09. The number of esters is 1. The van der Waals surface area contributed by atoms with Gasteiger partial charge < -0.3 is 4.74 Å². The highest BCUT2D eigenvalue weighted by Gasteiger charge is 2.46. The number of hydrogen-bond acceptors (Lipinski definition) is 5. The van der Waals surface area contributed by atoms with Gasteiger partial charge in [-0.2, -0.15) is 18.3 Å². The van der Waals surface area contributed by atoms with Gasteiger partial charge in [-0.05, 0) is 51.1 Å². The second-order valence-corrected chi connectivity index (χ2v) is 6.93. The Labute approximate surface area is 157 Å². The van der Waals surface area contributed by atoms with Crippen molar-refractivity contribution in [2.24, 2.45) is 0 Å². The molecule has 27 heavy (non-hydrogen) atoms. The lowest BCUT2D eigenvalue weighted by molar-refractivity contribution is -0.207. The summed E-state index contributed by atoms with van der Waals surface area (Å²) in [6.07, 6.45) is -7.14. The first-order chi connectivity index (χ1) is 12.6. The standard InChI is InChI=1S/C18H16F3N3O2S/c1-10-8-12(3)24(23-10)14-6-4-13(5-7-14)17(25)26-15(18(19,20)21)16-22-11(2)9-27-16/h4-9,15H,1-3H3. The van der Waals surface area contributed by atoms with E-state index in [2.05, 4.69) is 10.1 Å². The molecule has 1 aromatic carbocycles.